The van der Waals surface area contributed by atoms with Gasteiger partial charge in [0.15, 0.2) is 0 Å². The third-order valence-electron chi connectivity index (χ3n) is 15.0. The highest BCUT2D eigenvalue weighted by Gasteiger charge is 2.46. The van der Waals surface area contributed by atoms with Crippen molar-refractivity contribution in [3.05, 3.63) is 277 Å². The minimum absolute atomic E-state index is 0.545. The zero-order valence-electron chi connectivity index (χ0n) is 38.5. The molecule has 0 aliphatic heterocycles. The average Bonchev–Trinajstić information content (AvgIpc) is 4.18. The van der Waals surface area contributed by atoms with Crippen molar-refractivity contribution in [2.24, 2.45) is 0 Å². The van der Waals surface area contributed by atoms with Gasteiger partial charge < -0.3 is 9.47 Å². The molecule has 332 valence electrons. The molecular formula is C67H42N2S2. The number of hydrogen-bond donors (Lipinski definition) is 0. The first-order valence-corrected chi connectivity index (χ1v) is 26.0. The number of benzene rings is 11. The fourth-order valence-corrected chi connectivity index (χ4v) is 14.3. The quantitative estimate of drug-likeness (QED) is 0.155. The van der Waals surface area contributed by atoms with Crippen molar-refractivity contribution in [3.8, 4) is 27.9 Å². The van der Waals surface area contributed by atoms with Crippen molar-refractivity contribution in [2.75, 3.05) is 4.90 Å². The summed E-state index contributed by atoms with van der Waals surface area (Å²) < 4.78 is 7.56. The molecule has 0 amide bonds. The van der Waals surface area contributed by atoms with Gasteiger partial charge in [0.1, 0.15) is 0 Å². The van der Waals surface area contributed by atoms with Gasteiger partial charge in [-0.25, -0.2) is 0 Å². The van der Waals surface area contributed by atoms with Crippen LogP contribution in [-0.2, 0) is 5.41 Å². The number of aromatic nitrogens is 1. The van der Waals surface area contributed by atoms with E-state index >= 15 is 0 Å². The first kappa shape index (κ1) is 40.4. The van der Waals surface area contributed by atoms with Gasteiger partial charge in [-0.3, -0.25) is 0 Å². The second-order valence-electron chi connectivity index (χ2n) is 18.8. The molecular weight excluding hydrogens is 897 g/mol. The molecule has 0 saturated heterocycles. The first-order valence-electron chi connectivity index (χ1n) is 24.3. The largest absolute Gasteiger partial charge is 0.310 e. The van der Waals surface area contributed by atoms with E-state index in [4.69, 9.17) is 0 Å². The van der Waals surface area contributed by atoms with E-state index in [-0.39, 0.29) is 0 Å². The van der Waals surface area contributed by atoms with Crippen LogP contribution in [0.25, 0.3) is 90.1 Å². The number of para-hydroxylation sites is 2. The van der Waals surface area contributed by atoms with Crippen molar-refractivity contribution in [1.29, 1.82) is 0 Å². The van der Waals surface area contributed by atoms with Gasteiger partial charge in [0, 0.05) is 79.4 Å². The molecule has 1 aliphatic carbocycles. The Labute approximate surface area is 419 Å². The van der Waals surface area contributed by atoms with Gasteiger partial charge >= 0.3 is 0 Å². The average molecular weight is 939 g/mol. The Balaban J connectivity index is 1.02. The van der Waals surface area contributed by atoms with Crippen molar-refractivity contribution >= 4 is 102 Å². The van der Waals surface area contributed by atoms with Crippen LogP contribution in [0.3, 0.4) is 0 Å². The van der Waals surface area contributed by atoms with E-state index in [1.165, 1.54) is 107 Å². The minimum atomic E-state index is -0.545. The topological polar surface area (TPSA) is 8.17 Å². The van der Waals surface area contributed by atoms with Crippen LogP contribution in [0.15, 0.2) is 255 Å². The van der Waals surface area contributed by atoms with E-state index in [0.717, 1.165) is 22.7 Å². The Bertz CT molecular complexity index is 4370. The fraction of sp³-hybridized carbons (Fsp3) is 0.0149. The lowest BCUT2D eigenvalue weighted by atomic mass is 9.67. The van der Waals surface area contributed by atoms with Crippen LogP contribution < -0.4 is 4.90 Å². The van der Waals surface area contributed by atoms with Gasteiger partial charge in [-0.15, -0.1) is 22.7 Å². The van der Waals surface area contributed by atoms with Gasteiger partial charge in [-0.1, -0.05) is 170 Å². The van der Waals surface area contributed by atoms with Crippen LogP contribution in [0.4, 0.5) is 17.1 Å². The smallest absolute Gasteiger partial charge is 0.0714 e. The Hall–Kier alpha value is -8.54. The Kier molecular flexibility index (Phi) is 8.95. The highest BCUT2D eigenvalue weighted by molar-refractivity contribution is 7.26. The lowest BCUT2D eigenvalue weighted by Crippen LogP contribution is -2.28. The molecule has 0 bridgehead atoms. The highest BCUT2D eigenvalue weighted by Crippen LogP contribution is 2.58. The van der Waals surface area contributed by atoms with Gasteiger partial charge in [-0.2, -0.15) is 0 Å². The standard InChI is InChI=1S/C67H42N2S2/c1-4-18-44(19-5-1)67(45-20-6-2-7-21-45)59-28-14-10-24-50(59)51-35-33-48(42-60(51)67)68(47-34-37-65-57(39-47)53-26-12-16-30-63(53)70-65)49-40-55(66-58(41-49)54-27-13-17-31-64(54)71-66)43-32-36-62-56(38-43)52-25-11-15-29-61(52)69(62)46-22-8-3-9-23-46/h1-42H. The number of hydrogen-bond acceptors (Lipinski definition) is 3. The maximum atomic E-state index is 2.53. The number of rotatable bonds is 7. The second kappa shape index (κ2) is 15.7. The molecule has 2 nitrogen and oxygen atoms in total. The SMILES string of the molecule is c1ccc(-n2c3ccccc3c3cc(-c4cc(N(c5ccc6c(c5)C(c5ccccc5)(c5ccccc5)c5ccccc5-6)c5ccc6sc7ccccc7c6c5)cc5c4sc4ccccc45)ccc32)cc1. The molecule has 3 heterocycles. The molecule has 0 unspecified atom stereocenters. The molecule has 0 N–H and O–H groups in total. The van der Waals surface area contributed by atoms with E-state index in [2.05, 4.69) is 264 Å². The van der Waals surface area contributed by atoms with Crippen LogP contribution in [0.1, 0.15) is 22.3 Å². The van der Waals surface area contributed by atoms with Crippen LogP contribution >= 0.6 is 22.7 Å². The van der Waals surface area contributed by atoms with Crippen molar-refractivity contribution in [3.63, 3.8) is 0 Å². The van der Waals surface area contributed by atoms with Crippen molar-refractivity contribution in [2.45, 2.75) is 5.41 Å². The second-order valence-corrected chi connectivity index (χ2v) is 20.9. The summed E-state index contributed by atoms with van der Waals surface area (Å²) in [7, 11) is 0. The van der Waals surface area contributed by atoms with Crippen LogP contribution in [0, 0.1) is 0 Å². The Morgan fingerprint density at radius 1 is 0.324 bits per heavy atom. The fourth-order valence-electron chi connectivity index (χ4n) is 12.0. The predicted molar refractivity (Wildman–Crippen MR) is 304 cm³/mol. The highest BCUT2D eigenvalue weighted by atomic mass is 32.1. The molecule has 3 aromatic heterocycles. The monoisotopic (exact) mass is 938 g/mol. The third-order valence-corrected chi connectivity index (χ3v) is 17.4. The zero-order valence-corrected chi connectivity index (χ0v) is 40.1. The molecule has 14 aromatic rings. The number of fused-ring (bicyclic) bond motifs is 12. The number of anilines is 3. The molecule has 71 heavy (non-hydrogen) atoms. The van der Waals surface area contributed by atoms with Crippen LogP contribution in [0.5, 0.6) is 0 Å². The minimum Gasteiger partial charge on any atom is -0.310 e. The maximum absolute atomic E-state index is 2.53. The lowest BCUT2D eigenvalue weighted by molar-refractivity contribution is 0.768. The first-order chi connectivity index (χ1) is 35.2. The Morgan fingerprint density at radius 2 is 0.887 bits per heavy atom. The van der Waals surface area contributed by atoms with Gasteiger partial charge in [0.05, 0.1) is 16.4 Å². The van der Waals surface area contributed by atoms with E-state index in [0.29, 0.717) is 0 Å². The molecule has 0 atom stereocenters. The molecule has 15 rings (SSSR count). The molecule has 11 aromatic carbocycles. The summed E-state index contributed by atoms with van der Waals surface area (Å²) in [6.07, 6.45) is 0. The molecule has 4 heteroatoms. The van der Waals surface area contributed by atoms with Crippen molar-refractivity contribution < 1.29 is 0 Å². The summed E-state index contributed by atoms with van der Waals surface area (Å²) in [5.74, 6) is 0. The molecule has 0 radical (unpaired) electrons. The molecule has 0 saturated carbocycles. The maximum Gasteiger partial charge on any atom is 0.0714 e. The van der Waals surface area contributed by atoms with Crippen LogP contribution in [0.2, 0.25) is 0 Å². The van der Waals surface area contributed by atoms with Gasteiger partial charge in [0.2, 0.25) is 0 Å². The summed E-state index contributed by atoms with van der Waals surface area (Å²) in [6.45, 7) is 0. The summed E-state index contributed by atoms with van der Waals surface area (Å²) in [4.78, 5) is 2.53. The summed E-state index contributed by atoms with van der Waals surface area (Å²) >= 11 is 3.76. The van der Waals surface area contributed by atoms with E-state index < -0.39 is 5.41 Å². The summed E-state index contributed by atoms with van der Waals surface area (Å²) in [5, 5.41) is 7.57. The third kappa shape index (κ3) is 5.99. The normalized spacial score (nSPS) is 12.9. The molecule has 0 spiro atoms. The van der Waals surface area contributed by atoms with E-state index in [1.54, 1.807) is 0 Å². The van der Waals surface area contributed by atoms with Gasteiger partial charge in [-0.05, 0) is 124 Å². The number of thiophene rings is 2. The summed E-state index contributed by atoms with van der Waals surface area (Å²) in [5.41, 5.74) is 16.4. The predicted octanol–water partition coefficient (Wildman–Crippen LogP) is 19.0. The molecule has 1 aliphatic rings. The van der Waals surface area contributed by atoms with Gasteiger partial charge in [0.25, 0.3) is 0 Å². The lowest BCUT2D eigenvalue weighted by Gasteiger charge is -2.35. The molecule has 0 fully saturated rings. The summed E-state index contributed by atoms with van der Waals surface area (Å²) in [6, 6.07) is 95.1. The zero-order chi connectivity index (χ0) is 46.6. The van der Waals surface area contributed by atoms with Crippen molar-refractivity contribution in [1.82, 2.24) is 4.57 Å². The van der Waals surface area contributed by atoms with E-state index in [9.17, 15) is 0 Å². The van der Waals surface area contributed by atoms with Crippen LogP contribution in [-0.4, -0.2) is 4.57 Å². The Morgan fingerprint density at radius 3 is 1.66 bits per heavy atom. The number of nitrogens with zero attached hydrogens (tertiary/aromatic N) is 2. The van der Waals surface area contributed by atoms with E-state index in [1.807, 2.05) is 22.7 Å².